The second-order valence-corrected chi connectivity index (χ2v) is 8.79. The van der Waals surface area contributed by atoms with Crippen molar-refractivity contribution in [2.45, 2.75) is 18.7 Å². The van der Waals surface area contributed by atoms with Gasteiger partial charge in [0.1, 0.15) is 0 Å². The minimum Gasteiger partial charge on any atom is -0.358 e. The zero-order valence-corrected chi connectivity index (χ0v) is 17.2. The number of benzene rings is 1. The average molecular weight is 397 g/mol. The molecule has 1 heterocycles. The first-order valence-corrected chi connectivity index (χ1v) is 10.3. The summed E-state index contributed by atoms with van der Waals surface area (Å²) in [6.07, 6.45) is 0. The summed E-state index contributed by atoms with van der Waals surface area (Å²) in [4.78, 5) is 27.2. The Balaban J connectivity index is 1.93. The summed E-state index contributed by atoms with van der Waals surface area (Å²) < 4.78 is 27.1. The number of nitrogens with one attached hydrogen (secondary N) is 1. The fraction of sp³-hybridized carbons (Fsp3) is 0.556. The Morgan fingerprint density at radius 1 is 1.11 bits per heavy atom. The Bertz CT molecular complexity index is 802. The van der Waals surface area contributed by atoms with Crippen LogP contribution in [0.5, 0.6) is 0 Å². The van der Waals surface area contributed by atoms with Crippen LogP contribution in [0.2, 0.25) is 0 Å². The molecule has 0 radical (unpaired) electrons. The third kappa shape index (κ3) is 5.27. The largest absolute Gasteiger partial charge is 0.358 e. The number of nitrogens with zero attached hydrogens (tertiary/aromatic N) is 3. The lowest BCUT2D eigenvalue weighted by Crippen LogP contribution is -2.51. The van der Waals surface area contributed by atoms with Crippen molar-refractivity contribution in [2.75, 3.05) is 53.4 Å². The van der Waals surface area contributed by atoms with Crippen molar-refractivity contribution in [1.82, 2.24) is 19.4 Å². The number of hydrogen-bond acceptors (Lipinski definition) is 5. The first-order valence-electron chi connectivity index (χ1n) is 8.89. The maximum absolute atomic E-state index is 12.8. The summed E-state index contributed by atoms with van der Waals surface area (Å²) in [5.41, 5.74) is 2.00. The van der Waals surface area contributed by atoms with Crippen molar-refractivity contribution in [3.8, 4) is 0 Å². The van der Waals surface area contributed by atoms with Crippen LogP contribution < -0.4 is 5.32 Å². The summed E-state index contributed by atoms with van der Waals surface area (Å²) in [5.74, 6) is -0.390. The number of aryl methyl sites for hydroxylation is 2. The molecule has 1 aliphatic heterocycles. The van der Waals surface area contributed by atoms with Gasteiger partial charge in [0.15, 0.2) is 0 Å². The van der Waals surface area contributed by atoms with E-state index in [4.69, 9.17) is 0 Å². The van der Waals surface area contributed by atoms with Crippen LogP contribution in [0, 0.1) is 13.8 Å². The van der Waals surface area contributed by atoms with Crippen molar-refractivity contribution in [1.29, 1.82) is 0 Å². The molecular formula is C18H28N4O4S. The molecule has 8 nitrogen and oxygen atoms in total. The van der Waals surface area contributed by atoms with Crippen LogP contribution in [0.15, 0.2) is 23.1 Å². The molecule has 2 rings (SSSR count). The van der Waals surface area contributed by atoms with Crippen molar-refractivity contribution >= 4 is 21.8 Å². The van der Waals surface area contributed by atoms with E-state index in [1.54, 1.807) is 19.2 Å². The van der Waals surface area contributed by atoms with Gasteiger partial charge in [0.25, 0.3) is 0 Å². The van der Waals surface area contributed by atoms with Gasteiger partial charge in [0.05, 0.1) is 18.0 Å². The number of likely N-dealkylation sites (N-methyl/N-ethyl adjacent to an activating group) is 2. The number of hydrogen-bond donors (Lipinski definition) is 1. The summed E-state index contributed by atoms with van der Waals surface area (Å²) in [6.45, 7) is 5.65. The monoisotopic (exact) mass is 396 g/mol. The van der Waals surface area contributed by atoms with E-state index in [2.05, 4.69) is 5.32 Å². The molecule has 0 bridgehead atoms. The predicted octanol–water partition coefficient (Wildman–Crippen LogP) is -0.186. The molecule has 1 N–H and O–H groups in total. The number of carbonyl (C=O) groups is 2. The Morgan fingerprint density at radius 2 is 1.74 bits per heavy atom. The summed E-state index contributed by atoms with van der Waals surface area (Å²) in [7, 11) is -0.425. The molecule has 0 aromatic heterocycles. The fourth-order valence-electron chi connectivity index (χ4n) is 2.85. The van der Waals surface area contributed by atoms with Crippen LogP contribution in [-0.4, -0.2) is 87.7 Å². The van der Waals surface area contributed by atoms with Crippen molar-refractivity contribution in [2.24, 2.45) is 0 Å². The van der Waals surface area contributed by atoms with Gasteiger partial charge in [-0.15, -0.1) is 0 Å². The zero-order valence-electron chi connectivity index (χ0n) is 16.4. The van der Waals surface area contributed by atoms with E-state index in [1.807, 2.05) is 24.8 Å². The second-order valence-electron chi connectivity index (χ2n) is 6.85. The lowest BCUT2D eigenvalue weighted by atomic mass is 10.1. The molecule has 1 aromatic carbocycles. The number of piperazine rings is 1. The average Bonchev–Trinajstić information content (AvgIpc) is 2.64. The topological polar surface area (TPSA) is 90.0 Å². The molecule has 1 fully saturated rings. The molecule has 1 aromatic rings. The Labute approximate surface area is 161 Å². The van der Waals surface area contributed by atoms with E-state index >= 15 is 0 Å². The van der Waals surface area contributed by atoms with Crippen LogP contribution in [0.4, 0.5) is 0 Å². The minimum atomic E-state index is -3.53. The first kappa shape index (κ1) is 21.3. The summed E-state index contributed by atoms with van der Waals surface area (Å²) in [6, 6.07) is 5.16. The molecular weight excluding hydrogens is 368 g/mol. The molecule has 9 heteroatoms. The summed E-state index contributed by atoms with van der Waals surface area (Å²) in [5, 5.41) is 2.48. The van der Waals surface area contributed by atoms with Gasteiger partial charge >= 0.3 is 0 Å². The third-order valence-electron chi connectivity index (χ3n) is 4.89. The van der Waals surface area contributed by atoms with Crippen molar-refractivity contribution in [3.63, 3.8) is 0 Å². The van der Waals surface area contributed by atoms with Crippen molar-refractivity contribution in [3.05, 3.63) is 29.3 Å². The zero-order chi connectivity index (χ0) is 20.2. The van der Waals surface area contributed by atoms with Crippen LogP contribution in [0.3, 0.4) is 0 Å². The molecule has 0 spiro atoms. The first-order chi connectivity index (χ1) is 12.6. The van der Waals surface area contributed by atoms with Crippen LogP contribution in [0.1, 0.15) is 11.1 Å². The van der Waals surface area contributed by atoms with E-state index in [1.165, 1.54) is 16.3 Å². The highest BCUT2D eigenvalue weighted by molar-refractivity contribution is 7.89. The highest BCUT2D eigenvalue weighted by Crippen LogP contribution is 2.20. The van der Waals surface area contributed by atoms with Gasteiger partial charge in [-0.3, -0.25) is 14.5 Å². The van der Waals surface area contributed by atoms with E-state index in [0.717, 1.165) is 11.1 Å². The molecule has 0 aliphatic carbocycles. The number of sulfonamides is 1. The lowest BCUT2D eigenvalue weighted by molar-refractivity contribution is -0.135. The van der Waals surface area contributed by atoms with Gasteiger partial charge in [0, 0.05) is 40.3 Å². The van der Waals surface area contributed by atoms with Crippen LogP contribution in [-0.2, 0) is 19.6 Å². The molecule has 0 unspecified atom stereocenters. The Kier molecular flexibility index (Phi) is 6.96. The maximum Gasteiger partial charge on any atom is 0.243 e. The summed E-state index contributed by atoms with van der Waals surface area (Å²) >= 11 is 0. The molecule has 2 amide bonds. The van der Waals surface area contributed by atoms with Gasteiger partial charge < -0.3 is 10.2 Å². The fourth-order valence-corrected chi connectivity index (χ4v) is 4.35. The third-order valence-corrected chi connectivity index (χ3v) is 6.79. The highest BCUT2D eigenvalue weighted by atomic mass is 32.2. The predicted molar refractivity (Wildman–Crippen MR) is 103 cm³/mol. The van der Waals surface area contributed by atoms with Crippen molar-refractivity contribution < 1.29 is 18.0 Å². The van der Waals surface area contributed by atoms with Gasteiger partial charge in [-0.1, -0.05) is 6.07 Å². The normalized spacial score (nSPS) is 16.1. The smallest absolute Gasteiger partial charge is 0.243 e. The standard InChI is InChI=1S/C18H28N4O4S/c1-14-5-6-16(11-15(14)2)27(25,26)22-9-7-21(8-10-22)13-18(24)20(4)12-17(23)19-3/h5-6,11H,7-10,12-13H2,1-4H3,(H,19,23). The maximum atomic E-state index is 12.8. The Hall–Kier alpha value is -1.97. The molecule has 0 saturated carbocycles. The highest BCUT2D eigenvalue weighted by Gasteiger charge is 2.29. The van der Waals surface area contributed by atoms with Crippen LogP contribution >= 0.6 is 0 Å². The van der Waals surface area contributed by atoms with Crippen LogP contribution in [0.25, 0.3) is 0 Å². The van der Waals surface area contributed by atoms with Gasteiger partial charge in [-0.2, -0.15) is 4.31 Å². The number of amides is 2. The van der Waals surface area contributed by atoms with Gasteiger partial charge in [-0.25, -0.2) is 8.42 Å². The minimum absolute atomic E-state index is 0.0104. The molecule has 1 aliphatic rings. The second kappa shape index (κ2) is 8.81. The SMILES string of the molecule is CNC(=O)CN(C)C(=O)CN1CCN(S(=O)(=O)c2ccc(C)c(C)c2)CC1. The molecule has 1 saturated heterocycles. The van der Waals surface area contributed by atoms with E-state index in [-0.39, 0.29) is 24.9 Å². The Morgan fingerprint density at radius 3 is 2.30 bits per heavy atom. The number of carbonyl (C=O) groups excluding carboxylic acids is 2. The molecule has 0 atom stereocenters. The quantitative estimate of drug-likeness (QED) is 0.720. The van der Waals surface area contributed by atoms with E-state index in [9.17, 15) is 18.0 Å². The van der Waals surface area contributed by atoms with E-state index in [0.29, 0.717) is 31.1 Å². The van der Waals surface area contributed by atoms with E-state index < -0.39 is 10.0 Å². The van der Waals surface area contributed by atoms with Gasteiger partial charge in [-0.05, 0) is 37.1 Å². The van der Waals surface area contributed by atoms with Gasteiger partial charge in [0.2, 0.25) is 21.8 Å². The molecule has 27 heavy (non-hydrogen) atoms. The lowest BCUT2D eigenvalue weighted by Gasteiger charge is -2.34. The number of rotatable bonds is 6. The molecule has 150 valence electrons.